The fourth-order valence-corrected chi connectivity index (χ4v) is 2.47. The van der Waals surface area contributed by atoms with Crippen molar-refractivity contribution in [2.45, 2.75) is 19.4 Å². The van der Waals surface area contributed by atoms with E-state index in [9.17, 15) is 4.79 Å². The molecule has 1 unspecified atom stereocenters. The second-order valence-electron chi connectivity index (χ2n) is 4.94. The zero-order chi connectivity index (χ0) is 13.6. The molecular weight excluding hydrogens is 240 g/mol. The van der Waals surface area contributed by atoms with Gasteiger partial charge < -0.3 is 15.1 Å². The average Bonchev–Trinajstić information content (AvgIpc) is 2.94. The zero-order valence-electron chi connectivity index (χ0n) is 11.0. The number of rotatable bonds is 2. The number of benzene rings is 1. The molecule has 2 N–H and O–H groups in total. The molecule has 4 nitrogen and oxygen atoms in total. The summed E-state index contributed by atoms with van der Waals surface area (Å²) in [6.07, 6.45) is 0.448. The highest BCUT2D eigenvalue weighted by molar-refractivity contribution is 6.00. The highest BCUT2D eigenvalue weighted by Crippen LogP contribution is 2.31. The lowest BCUT2D eigenvalue weighted by Gasteiger charge is -2.13. The number of nitrogens with two attached hydrogens (primary N) is 1. The van der Waals surface area contributed by atoms with Gasteiger partial charge >= 0.3 is 0 Å². The van der Waals surface area contributed by atoms with Crippen molar-refractivity contribution >= 4 is 11.6 Å². The second kappa shape index (κ2) is 4.24. The molecule has 1 aromatic heterocycles. The molecule has 1 aliphatic heterocycles. The van der Waals surface area contributed by atoms with Crippen molar-refractivity contribution in [3.63, 3.8) is 0 Å². The first-order chi connectivity index (χ1) is 9.06. The summed E-state index contributed by atoms with van der Waals surface area (Å²) in [5.41, 5.74) is 9.17. The van der Waals surface area contributed by atoms with Gasteiger partial charge in [-0.1, -0.05) is 12.1 Å². The van der Waals surface area contributed by atoms with Crippen molar-refractivity contribution in [2.75, 3.05) is 11.9 Å². The van der Waals surface area contributed by atoms with Crippen LogP contribution in [0.25, 0.3) is 0 Å². The van der Waals surface area contributed by atoms with Crippen LogP contribution in [0.1, 0.15) is 28.7 Å². The number of hydrogen-bond donors (Lipinski definition) is 1. The number of fused-ring (bicyclic) bond motifs is 1. The maximum Gasteiger partial charge on any atom is 0.231 e. The fourth-order valence-electron chi connectivity index (χ4n) is 2.47. The van der Waals surface area contributed by atoms with E-state index in [4.69, 9.17) is 10.2 Å². The first-order valence-corrected chi connectivity index (χ1v) is 6.27. The van der Waals surface area contributed by atoms with Gasteiger partial charge in [-0.2, -0.15) is 0 Å². The van der Waals surface area contributed by atoms with Gasteiger partial charge in [0.1, 0.15) is 11.5 Å². The number of anilines is 1. The van der Waals surface area contributed by atoms with Crippen LogP contribution in [0.2, 0.25) is 0 Å². The van der Waals surface area contributed by atoms with Gasteiger partial charge in [-0.05, 0) is 36.2 Å². The Bertz CT molecular complexity index is 645. The topological polar surface area (TPSA) is 59.5 Å². The van der Waals surface area contributed by atoms with E-state index in [1.54, 1.807) is 11.9 Å². The summed E-state index contributed by atoms with van der Waals surface area (Å²) in [5, 5.41) is 0. The average molecular weight is 256 g/mol. The van der Waals surface area contributed by atoms with Gasteiger partial charge in [-0.15, -0.1) is 0 Å². The Hall–Kier alpha value is -2.07. The van der Waals surface area contributed by atoms with Crippen LogP contribution >= 0.6 is 0 Å². The van der Waals surface area contributed by atoms with E-state index >= 15 is 0 Å². The largest absolute Gasteiger partial charge is 0.464 e. The quantitative estimate of drug-likeness (QED) is 0.895. The van der Waals surface area contributed by atoms with Crippen LogP contribution in [-0.4, -0.2) is 13.0 Å². The molecule has 2 aromatic rings. The lowest BCUT2D eigenvalue weighted by Crippen LogP contribution is -2.20. The summed E-state index contributed by atoms with van der Waals surface area (Å²) in [6.45, 7) is 1.90. The minimum absolute atomic E-state index is 0.120. The Balaban J connectivity index is 1.95. The molecule has 0 radical (unpaired) electrons. The van der Waals surface area contributed by atoms with Crippen LogP contribution in [0, 0.1) is 6.92 Å². The number of nitrogens with zero attached hydrogens (tertiary/aromatic N) is 1. The highest BCUT2D eigenvalue weighted by Gasteiger charge is 2.25. The number of carbonyl (C=O) groups excluding carboxylic acids is 1. The van der Waals surface area contributed by atoms with Crippen LogP contribution in [-0.2, 0) is 11.2 Å². The summed E-state index contributed by atoms with van der Waals surface area (Å²) < 4.78 is 5.56. The maximum absolute atomic E-state index is 11.7. The molecule has 0 saturated heterocycles. The summed E-state index contributed by atoms with van der Waals surface area (Å²) in [6, 6.07) is 9.41. The van der Waals surface area contributed by atoms with Crippen LogP contribution in [0.4, 0.5) is 5.69 Å². The molecule has 19 heavy (non-hydrogen) atoms. The van der Waals surface area contributed by atoms with E-state index < -0.39 is 0 Å². The van der Waals surface area contributed by atoms with Crippen molar-refractivity contribution in [1.82, 2.24) is 0 Å². The predicted octanol–water partition coefficient (Wildman–Crippen LogP) is 2.16. The summed E-state index contributed by atoms with van der Waals surface area (Å²) in [7, 11) is 1.80. The van der Waals surface area contributed by atoms with E-state index in [0.29, 0.717) is 6.42 Å². The number of carbonyl (C=O) groups is 1. The van der Waals surface area contributed by atoms with Crippen molar-refractivity contribution < 1.29 is 9.21 Å². The number of amides is 1. The highest BCUT2D eigenvalue weighted by atomic mass is 16.3. The minimum atomic E-state index is -0.292. The van der Waals surface area contributed by atoms with Gasteiger partial charge in [-0.25, -0.2) is 0 Å². The Morgan fingerprint density at radius 1 is 1.32 bits per heavy atom. The molecule has 3 rings (SSSR count). The molecule has 1 amide bonds. The smallest absolute Gasteiger partial charge is 0.231 e. The first-order valence-electron chi connectivity index (χ1n) is 6.27. The minimum Gasteiger partial charge on any atom is -0.464 e. The lowest BCUT2D eigenvalue weighted by atomic mass is 10.0. The van der Waals surface area contributed by atoms with Gasteiger partial charge in [0.25, 0.3) is 0 Å². The second-order valence-corrected chi connectivity index (χ2v) is 4.94. The Kier molecular flexibility index (Phi) is 2.68. The predicted molar refractivity (Wildman–Crippen MR) is 73.0 cm³/mol. The van der Waals surface area contributed by atoms with Crippen molar-refractivity contribution in [3.8, 4) is 0 Å². The van der Waals surface area contributed by atoms with Gasteiger partial charge in [0.05, 0.1) is 12.5 Å². The fraction of sp³-hybridized carbons (Fsp3) is 0.267. The molecular formula is C15H16N2O2. The third-order valence-electron chi connectivity index (χ3n) is 3.61. The van der Waals surface area contributed by atoms with Crippen LogP contribution in [0.5, 0.6) is 0 Å². The van der Waals surface area contributed by atoms with Gasteiger partial charge in [0, 0.05) is 12.7 Å². The van der Waals surface area contributed by atoms with E-state index in [2.05, 4.69) is 0 Å². The van der Waals surface area contributed by atoms with Crippen LogP contribution in [0.3, 0.4) is 0 Å². The number of likely N-dealkylation sites (N-methyl/N-ethyl adjacent to an activating group) is 1. The summed E-state index contributed by atoms with van der Waals surface area (Å²) in [5.74, 6) is 1.71. The molecule has 98 valence electrons. The molecule has 0 bridgehead atoms. The lowest BCUT2D eigenvalue weighted by molar-refractivity contribution is -0.117. The van der Waals surface area contributed by atoms with Gasteiger partial charge in [0.15, 0.2) is 0 Å². The Morgan fingerprint density at radius 2 is 2.11 bits per heavy atom. The van der Waals surface area contributed by atoms with E-state index in [-0.39, 0.29) is 11.9 Å². The SMILES string of the molecule is Cc1ccc(C(N)c2ccc3c(c2)CC(=O)N3C)o1. The molecule has 0 aliphatic carbocycles. The molecule has 4 heteroatoms. The number of hydrogen-bond acceptors (Lipinski definition) is 3. The van der Waals surface area contributed by atoms with Crippen LogP contribution < -0.4 is 10.6 Å². The molecule has 1 atom stereocenters. The first kappa shape index (κ1) is 12.0. The Labute approximate surface area is 111 Å². The van der Waals surface area contributed by atoms with Crippen molar-refractivity contribution in [1.29, 1.82) is 0 Å². The molecule has 1 aromatic carbocycles. The maximum atomic E-state index is 11.7. The molecule has 0 fully saturated rings. The molecule has 1 aliphatic rings. The third kappa shape index (κ3) is 1.94. The summed E-state index contributed by atoms with van der Waals surface area (Å²) >= 11 is 0. The van der Waals surface area contributed by atoms with E-state index in [1.165, 1.54) is 0 Å². The zero-order valence-corrected chi connectivity index (χ0v) is 11.0. The van der Waals surface area contributed by atoms with E-state index in [0.717, 1.165) is 28.3 Å². The standard InChI is InChI=1S/C15H16N2O2/c1-9-3-6-13(19-9)15(16)10-4-5-12-11(7-10)8-14(18)17(12)2/h3-7,15H,8,16H2,1-2H3. The third-order valence-corrected chi connectivity index (χ3v) is 3.61. The molecule has 2 heterocycles. The molecule has 0 spiro atoms. The number of furan rings is 1. The molecule has 0 saturated carbocycles. The van der Waals surface area contributed by atoms with E-state index in [1.807, 2.05) is 37.3 Å². The van der Waals surface area contributed by atoms with Crippen molar-refractivity contribution in [3.05, 3.63) is 53.0 Å². The van der Waals surface area contributed by atoms with Crippen molar-refractivity contribution in [2.24, 2.45) is 5.73 Å². The van der Waals surface area contributed by atoms with Crippen LogP contribution in [0.15, 0.2) is 34.7 Å². The monoisotopic (exact) mass is 256 g/mol. The summed E-state index contributed by atoms with van der Waals surface area (Å²) in [4.78, 5) is 13.3. The normalized spacial score (nSPS) is 15.7. The van der Waals surface area contributed by atoms with Gasteiger partial charge in [-0.3, -0.25) is 4.79 Å². The number of aryl methyl sites for hydroxylation is 1. The Morgan fingerprint density at radius 3 is 2.79 bits per heavy atom. The van der Waals surface area contributed by atoms with Gasteiger partial charge in [0.2, 0.25) is 5.91 Å².